The molecular formula is C14H27NO3. The van der Waals surface area contributed by atoms with Crippen molar-refractivity contribution in [2.24, 2.45) is 5.92 Å². The van der Waals surface area contributed by atoms with E-state index >= 15 is 0 Å². The van der Waals surface area contributed by atoms with Gasteiger partial charge in [-0.25, -0.2) is 0 Å². The van der Waals surface area contributed by atoms with Crippen molar-refractivity contribution in [2.75, 3.05) is 19.7 Å². The highest BCUT2D eigenvalue weighted by molar-refractivity contribution is 5.73. The lowest BCUT2D eigenvalue weighted by molar-refractivity contribution is -0.144. The topological polar surface area (TPSA) is 49.8 Å². The standard InChI is InChI=1S/C14H27NO3/c1-4-13(14(16)17)15-8-5-12(6-9-15)18-10-7-11(2)3/h11-13H,4-10H2,1-3H3,(H,16,17). The van der Waals surface area contributed by atoms with Gasteiger partial charge in [-0.05, 0) is 31.6 Å². The maximum Gasteiger partial charge on any atom is 0.320 e. The van der Waals surface area contributed by atoms with Gasteiger partial charge in [0.05, 0.1) is 6.10 Å². The number of rotatable bonds is 7. The number of hydrogen-bond donors (Lipinski definition) is 1. The van der Waals surface area contributed by atoms with E-state index in [1.54, 1.807) is 0 Å². The molecule has 1 unspecified atom stereocenters. The SMILES string of the molecule is CCC(C(=O)O)N1CCC(OCCC(C)C)CC1. The molecule has 0 aromatic rings. The minimum absolute atomic E-state index is 0.318. The van der Waals surface area contributed by atoms with Crippen LogP contribution in [0.2, 0.25) is 0 Å². The largest absolute Gasteiger partial charge is 0.480 e. The molecule has 0 aliphatic carbocycles. The van der Waals surface area contributed by atoms with Gasteiger partial charge >= 0.3 is 5.97 Å². The van der Waals surface area contributed by atoms with Gasteiger partial charge in [0.15, 0.2) is 0 Å². The van der Waals surface area contributed by atoms with Crippen LogP contribution in [0.4, 0.5) is 0 Å². The summed E-state index contributed by atoms with van der Waals surface area (Å²) in [6.45, 7) is 8.85. The van der Waals surface area contributed by atoms with E-state index in [-0.39, 0.29) is 6.04 Å². The number of carboxylic acids is 1. The molecule has 0 spiro atoms. The minimum atomic E-state index is -0.698. The Balaban J connectivity index is 2.25. The first kappa shape index (κ1) is 15.4. The van der Waals surface area contributed by atoms with E-state index in [1.165, 1.54) is 0 Å². The first-order valence-corrected chi connectivity index (χ1v) is 7.13. The van der Waals surface area contributed by atoms with Crippen molar-refractivity contribution in [3.05, 3.63) is 0 Å². The average Bonchev–Trinajstić information content (AvgIpc) is 2.31. The number of nitrogens with zero attached hydrogens (tertiary/aromatic N) is 1. The van der Waals surface area contributed by atoms with Crippen molar-refractivity contribution in [3.8, 4) is 0 Å². The molecule has 0 aromatic heterocycles. The molecule has 1 fully saturated rings. The molecule has 0 aromatic carbocycles. The van der Waals surface area contributed by atoms with Crippen LogP contribution in [0.3, 0.4) is 0 Å². The highest BCUT2D eigenvalue weighted by Crippen LogP contribution is 2.18. The van der Waals surface area contributed by atoms with Gasteiger partial charge in [-0.3, -0.25) is 9.69 Å². The number of carboxylic acid groups (broad SMARTS) is 1. The normalized spacial score (nSPS) is 20.2. The molecule has 0 radical (unpaired) electrons. The quantitative estimate of drug-likeness (QED) is 0.760. The Kier molecular flexibility index (Phi) is 6.65. The van der Waals surface area contributed by atoms with Crippen molar-refractivity contribution in [3.63, 3.8) is 0 Å². The zero-order valence-electron chi connectivity index (χ0n) is 11.9. The number of aliphatic carboxylic acids is 1. The van der Waals surface area contributed by atoms with E-state index in [1.807, 2.05) is 6.92 Å². The molecule has 1 rings (SSSR count). The van der Waals surface area contributed by atoms with Crippen molar-refractivity contribution >= 4 is 5.97 Å². The summed E-state index contributed by atoms with van der Waals surface area (Å²) in [6.07, 6.45) is 4.02. The lowest BCUT2D eigenvalue weighted by atomic mass is 10.0. The average molecular weight is 257 g/mol. The second kappa shape index (κ2) is 7.74. The number of carbonyl (C=O) groups is 1. The Labute approximate surface area is 110 Å². The Morgan fingerprint density at radius 2 is 2.00 bits per heavy atom. The predicted molar refractivity (Wildman–Crippen MR) is 71.7 cm³/mol. The monoisotopic (exact) mass is 257 g/mol. The Hall–Kier alpha value is -0.610. The molecule has 0 amide bonds. The van der Waals surface area contributed by atoms with Crippen LogP contribution in [-0.4, -0.2) is 47.8 Å². The van der Waals surface area contributed by atoms with E-state index in [0.29, 0.717) is 18.4 Å². The molecule has 106 valence electrons. The highest BCUT2D eigenvalue weighted by Gasteiger charge is 2.28. The number of likely N-dealkylation sites (tertiary alicyclic amines) is 1. The second-order valence-electron chi connectivity index (χ2n) is 5.55. The van der Waals surface area contributed by atoms with Crippen LogP contribution in [0.5, 0.6) is 0 Å². The lowest BCUT2D eigenvalue weighted by Gasteiger charge is -2.35. The third-order valence-electron chi connectivity index (χ3n) is 3.64. The van der Waals surface area contributed by atoms with Crippen LogP contribution < -0.4 is 0 Å². The highest BCUT2D eigenvalue weighted by atomic mass is 16.5. The van der Waals surface area contributed by atoms with Crippen molar-refractivity contribution in [1.29, 1.82) is 0 Å². The van der Waals surface area contributed by atoms with E-state index in [2.05, 4.69) is 18.7 Å². The van der Waals surface area contributed by atoms with E-state index in [9.17, 15) is 4.79 Å². The van der Waals surface area contributed by atoms with Crippen LogP contribution in [0.1, 0.15) is 46.5 Å². The summed E-state index contributed by atoms with van der Waals surface area (Å²) in [7, 11) is 0. The summed E-state index contributed by atoms with van der Waals surface area (Å²) in [5, 5.41) is 9.12. The van der Waals surface area contributed by atoms with E-state index < -0.39 is 5.97 Å². The molecule has 0 saturated carbocycles. The number of ether oxygens (including phenoxy) is 1. The van der Waals surface area contributed by atoms with Crippen LogP contribution in [0.15, 0.2) is 0 Å². The van der Waals surface area contributed by atoms with Crippen molar-refractivity contribution < 1.29 is 14.6 Å². The van der Waals surface area contributed by atoms with Gasteiger partial charge in [0.2, 0.25) is 0 Å². The molecule has 1 saturated heterocycles. The fraction of sp³-hybridized carbons (Fsp3) is 0.929. The Bertz CT molecular complexity index is 247. The molecule has 4 heteroatoms. The van der Waals surface area contributed by atoms with Gasteiger partial charge in [0.25, 0.3) is 0 Å². The lowest BCUT2D eigenvalue weighted by Crippen LogP contribution is -2.46. The minimum Gasteiger partial charge on any atom is -0.480 e. The Morgan fingerprint density at radius 3 is 2.44 bits per heavy atom. The van der Waals surface area contributed by atoms with Crippen molar-refractivity contribution in [2.45, 2.75) is 58.6 Å². The molecule has 1 heterocycles. The van der Waals surface area contributed by atoms with Gasteiger partial charge in [-0.1, -0.05) is 20.8 Å². The summed E-state index contributed by atoms with van der Waals surface area (Å²) >= 11 is 0. The first-order chi connectivity index (χ1) is 8.54. The summed E-state index contributed by atoms with van der Waals surface area (Å²) < 4.78 is 5.84. The van der Waals surface area contributed by atoms with Crippen LogP contribution in [-0.2, 0) is 9.53 Å². The fourth-order valence-corrected chi connectivity index (χ4v) is 2.41. The fourth-order valence-electron chi connectivity index (χ4n) is 2.41. The molecule has 0 bridgehead atoms. The summed E-state index contributed by atoms with van der Waals surface area (Å²) in [5.74, 6) is -0.0155. The van der Waals surface area contributed by atoms with Gasteiger partial charge in [0, 0.05) is 19.7 Å². The van der Waals surface area contributed by atoms with Gasteiger partial charge in [-0.15, -0.1) is 0 Å². The molecule has 1 aliphatic heterocycles. The molecule has 4 nitrogen and oxygen atoms in total. The van der Waals surface area contributed by atoms with E-state index in [4.69, 9.17) is 9.84 Å². The third kappa shape index (κ3) is 4.94. The maximum atomic E-state index is 11.1. The molecule has 1 atom stereocenters. The third-order valence-corrected chi connectivity index (χ3v) is 3.64. The summed E-state index contributed by atoms with van der Waals surface area (Å²) in [5.41, 5.74) is 0. The smallest absolute Gasteiger partial charge is 0.320 e. The number of hydrogen-bond acceptors (Lipinski definition) is 3. The molecule has 1 aliphatic rings. The van der Waals surface area contributed by atoms with Gasteiger partial charge in [0.1, 0.15) is 6.04 Å². The molecule has 1 N–H and O–H groups in total. The van der Waals surface area contributed by atoms with E-state index in [0.717, 1.165) is 39.0 Å². The van der Waals surface area contributed by atoms with Crippen LogP contribution in [0, 0.1) is 5.92 Å². The van der Waals surface area contributed by atoms with Crippen LogP contribution in [0.25, 0.3) is 0 Å². The summed E-state index contributed by atoms with van der Waals surface area (Å²) in [4.78, 5) is 13.2. The Morgan fingerprint density at radius 1 is 1.39 bits per heavy atom. The van der Waals surface area contributed by atoms with Crippen LogP contribution >= 0.6 is 0 Å². The molecule has 18 heavy (non-hydrogen) atoms. The number of piperidine rings is 1. The molecular weight excluding hydrogens is 230 g/mol. The zero-order valence-corrected chi connectivity index (χ0v) is 11.9. The van der Waals surface area contributed by atoms with Crippen molar-refractivity contribution in [1.82, 2.24) is 4.90 Å². The summed E-state index contributed by atoms with van der Waals surface area (Å²) in [6, 6.07) is -0.318. The maximum absolute atomic E-state index is 11.1. The first-order valence-electron chi connectivity index (χ1n) is 7.13. The predicted octanol–water partition coefficient (Wildman–Crippen LogP) is 2.38. The zero-order chi connectivity index (χ0) is 13.5. The second-order valence-corrected chi connectivity index (χ2v) is 5.55. The van der Waals surface area contributed by atoms with Gasteiger partial charge in [-0.2, -0.15) is 0 Å². The van der Waals surface area contributed by atoms with Gasteiger partial charge < -0.3 is 9.84 Å².